The lowest BCUT2D eigenvalue weighted by Crippen LogP contribution is -2.36. The summed E-state index contributed by atoms with van der Waals surface area (Å²) in [4.78, 5) is 18.8. The molecule has 1 aliphatic heterocycles. The molecule has 1 saturated heterocycles. The standard InChI is InChI=1S/C21H21F3N4O2/c22-21(23,24)18-12-16(14-6-2-1-3-7-14)25-19-13-17(26-28(18)19)20(30)27-10-5-4-8-15(29)9-11-27/h1-3,6-7,12-13,15,29H,4-5,8-11H2. The molecule has 9 heteroatoms. The second-order valence-corrected chi connectivity index (χ2v) is 7.42. The summed E-state index contributed by atoms with van der Waals surface area (Å²) < 4.78 is 41.8. The van der Waals surface area contributed by atoms with Gasteiger partial charge in [0.15, 0.2) is 17.0 Å². The molecule has 1 unspecified atom stereocenters. The van der Waals surface area contributed by atoms with Gasteiger partial charge in [0.25, 0.3) is 5.91 Å². The van der Waals surface area contributed by atoms with Crippen LogP contribution in [0.1, 0.15) is 41.9 Å². The second kappa shape index (κ2) is 8.06. The van der Waals surface area contributed by atoms with Gasteiger partial charge in [0.2, 0.25) is 0 Å². The predicted octanol–water partition coefficient (Wildman–Crippen LogP) is 3.79. The average Bonchev–Trinajstić information content (AvgIpc) is 3.14. The Morgan fingerprint density at radius 1 is 1.07 bits per heavy atom. The third-order valence-electron chi connectivity index (χ3n) is 5.24. The summed E-state index contributed by atoms with van der Waals surface area (Å²) in [6.45, 7) is 0.816. The number of rotatable bonds is 2. The molecule has 158 valence electrons. The van der Waals surface area contributed by atoms with E-state index in [1.54, 1.807) is 30.3 Å². The number of fused-ring (bicyclic) bond motifs is 1. The number of carbonyl (C=O) groups is 1. The number of halogens is 3. The predicted molar refractivity (Wildman–Crippen MR) is 104 cm³/mol. The van der Waals surface area contributed by atoms with E-state index in [1.165, 1.54) is 11.0 Å². The molecule has 30 heavy (non-hydrogen) atoms. The number of hydrogen-bond acceptors (Lipinski definition) is 4. The van der Waals surface area contributed by atoms with Gasteiger partial charge in [-0.2, -0.15) is 18.3 Å². The van der Waals surface area contributed by atoms with Crippen LogP contribution in [0, 0.1) is 0 Å². The van der Waals surface area contributed by atoms with Crippen LogP contribution in [-0.2, 0) is 6.18 Å². The van der Waals surface area contributed by atoms with Crippen LogP contribution in [0.5, 0.6) is 0 Å². The summed E-state index contributed by atoms with van der Waals surface area (Å²) >= 11 is 0. The Bertz CT molecular complexity index is 1050. The topological polar surface area (TPSA) is 70.7 Å². The lowest BCUT2D eigenvalue weighted by molar-refractivity contribution is -0.142. The Hall–Kier alpha value is -2.94. The molecule has 1 aromatic carbocycles. The normalized spacial score (nSPS) is 18.3. The minimum Gasteiger partial charge on any atom is -0.393 e. The van der Waals surface area contributed by atoms with Crippen molar-refractivity contribution in [3.8, 4) is 11.3 Å². The van der Waals surface area contributed by atoms with Crippen molar-refractivity contribution in [3.05, 3.63) is 53.9 Å². The van der Waals surface area contributed by atoms with E-state index in [9.17, 15) is 23.1 Å². The number of nitrogens with zero attached hydrogens (tertiary/aromatic N) is 4. The molecule has 0 aliphatic carbocycles. The highest BCUT2D eigenvalue weighted by Crippen LogP contribution is 2.32. The monoisotopic (exact) mass is 418 g/mol. The molecule has 0 radical (unpaired) electrons. The minimum atomic E-state index is -4.66. The maximum Gasteiger partial charge on any atom is 0.433 e. The van der Waals surface area contributed by atoms with Crippen LogP contribution in [-0.4, -0.2) is 49.7 Å². The Kier molecular flexibility index (Phi) is 5.46. The van der Waals surface area contributed by atoms with Crippen molar-refractivity contribution >= 4 is 11.6 Å². The van der Waals surface area contributed by atoms with E-state index in [0.29, 0.717) is 36.0 Å². The first-order chi connectivity index (χ1) is 14.3. The second-order valence-electron chi connectivity index (χ2n) is 7.42. The van der Waals surface area contributed by atoms with Gasteiger partial charge >= 0.3 is 6.18 Å². The van der Waals surface area contributed by atoms with Crippen LogP contribution in [0.3, 0.4) is 0 Å². The zero-order valence-electron chi connectivity index (χ0n) is 16.1. The molecule has 3 heterocycles. The van der Waals surface area contributed by atoms with Gasteiger partial charge in [0.1, 0.15) is 0 Å². The van der Waals surface area contributed by atoms with Crippen molar-refractivity contribution < 1.29 is 23.1 Å². The molecule has 2 aromatic heterocycles. The fraction of sp³-hybridized carbons (Fsp3) is 0.381. The van der Waals surface area contributed by atoms with Gasteiger partial charge < -0.3 is 10.0 Å². The molecule has 1 N–H and O–H groups in total. The molecule has 1 amide bonds. The van der Waals surface area contributed by atoms with Gasteiger partial charge in [-0.3, -0.25) is 4.79 Å². The van der Waals surface area contributed by atoms with E-state index >= 15 is 0 Å². The highest BCUT2D eigenvalue weighted by atomic mass is 19.4. The number of amides is 1. The third kappa shape index (κ3) is 4.16. The summed E-state index contributed by atoms with van der Waals surface area (Å²) in [5.41, 5.74) is -0.429. The smallest absolute Gasteiger partial charge is 0.393 e. The third-order valence-corrected chi connectivity index (χ3v) is 5.24. The van der Waals surface area contributed by atoms with Crippen molar-refractivity contribution in [2.45, 2.75) is 38.0 Å². The largest absolute Gasteiger partial charge is 0.433 e. The first-order valence-corrected chi connectivity index (χ1v) is 9.84. The number of hydrogen-bond donors (Lipinski definition) is 1. The number of aliphatic hydroxyl groups is 1. The zero-order valence-corrected chi connectivity index (χ0v) is 16.1. The minimum absolute atomic E-state index is 0.0425. The van der Waals surface area contributed by atoms with E-state index < -0.39 is 23.9 Å². The van der Waals surface area contributed by atoms with Gasteiger partial charge in [-0.1, -0.05) is 30.3 Å². The van der Waals surface area contributed by atoms with Gasteiger partial charge in [-0.15, -0.1) is 0 Å². The molecule has 0 saturated carbocycles. The number of aromatic nitrogens is 3. The molecule has 4 rings (SSSR count). The molecule has 3 aromatic rings. The Balaban J connectivity index is 1.74. The van der Waals surface area contributed by atoms with Crippen LogP contribution < -0.4 is 0 Å². The molecule has 1 atom stereocenters. The average molecular weight is 418 g/mol. The number of alkyl halides is 3. The Morgan fingerprint density at radius 3 is 2.57 bits per heavy atom. The summed E-state index contributed by atoms with van der Waals surface area (Å²) in [7, 11) is 0. The van der Waals surface area contributed by atoms with Gasteiger partial charge in [-0.25, -0.2) is 9.50 Å². The number of aliphatic hydroxyl groups excluding tert-OH is 1. The van der Waals surface area contributed by atoms with Crippen LogP contribution in [0.4, 0.5) is 13.2 Å². The van der Waals surface area contributed by atoms with Crippen LogP contribution >= 0.6 is 0 Å². The highest BCUT2D eigenvalue weighted by molar-refractivity contribution is 5.93. The summed E-state index contributed by atoms with van der Waals surface area (Å²) in [6.07, 6.45) is -2.51. The van der Waals surface area contributed by atoms with Crippen molar-refractivity contribution in [1.29, 1.82) is 0 Å². The first-order valence-electron chi connectivity index (χ1n) is 9.84. The number of benzene rings is 1. The Morgan fingerprint density at radius 2 is 1.83 bits per heavy atom. The van der Waals surface area contributed by atoms with Crippen LogP contribution in [0.25, 0.3) is 16.9 Å². The van der Waals surface area contributed by atoms with E-state index in [-0.39, 0.29) is 17.0 Å². The van der Waals surface area contributed by atoms with Crippen molar-refractivity contribution in [2.24, 2.45) is 0 Å². The number of carbonyl (C=O) groups excluding carboxylic acids is 1. The fourth-order valence-electron chi connectivity index (χ4n) is 3.65. The zero-order chi connectivity index (χ0) is 21.3. The van der Waals surface area contributed by atoms with Crippen molar-refractivity contribution in [2.75, 3.05) is 13.1 Å². The first kappa shape index (κ1) is 20.3. The van der Waals surface area contributed by atoms with Crippen molar-refractivity contribution in [3.63, 3.8) is 0 Å². The number of likely N-dealkylation sites (tertiary alicyclic amines) is 1. The summed E-state index contributed by atoms with van der Waals surface area (Å²) in [5, 5.41) is 13.8. The highest BCUT2D eigenvalue weighted by Gasteiger charge is 2.36. The molecule has 6 nitrogen and oxygen atoms in total. The van der Waals surface area contributed by atoms with Gasteiger partial charge in [0.05, 0.1) is 11.8 Å². The van der Waals surface area contributed by atoms with E-state index in [1.807, 2.05) is 0 Å². The molecule has 0 spiro atoms. The molecule has 0 bridgehead atoms. The maximum absolute atomic E-state index is 13.7. The quantitative estimate of drug-likeness (QED) is 0.688. The van der Waals surface area contributed by atoms with Gasteiger partial charge in [0, 0.05) is 24.7 Å². The van der Waals surface area contributed by atoms with Crippen LogP contribution in [0.15, 0.2) is 42.5 Å². The lowest BCUT2D eigenvalue weighted by atomic mass is 10.1. The van der Waals surface area contributed by atoms with E-state index in [2.05, 4.69) is 10.1 Å². The summed E-state index contributed by atoms with van der Waals surface area (Å²) in [5.74, 6) is -0.455. The van der Waals surface area contributed by atoms with Gasteiger partial charge in [-0.05, 0) is 31.7 Å². The Labute approximate surface area is 171 Å². The lowest BCUT2D eigenvalue weighted by Gasteiger charge is -2.25. The fourth-order valence-corrected chi connectivity index (χ4v) is 3.65. The molecular weight excluding hydrogens is 397 g/mol. The maximum atomic E-state index is 13.7. The summed E-state index contributed by atoms with van der Waals surface area (Å²) in [6, 6.07) is 10.8. The molecule has 1 aliphatic rings. The SMILES string of the molecule is O=C(c1cc2nc(-c3ccccc3)cc(C(F)(F)F)n2n1)N1CCCCC(O)CC1. The van der Waals surface area contributed by atoms with Crippen LogP contribution in [0.2, 0.25) is 0 Å². The van der Waals surface area contributed by atoms with E-state index in [0.717, 1.165) is 18.9 Å². The van der Waals surface area contributed by atoms with Crippen molar-refractivity contribution in [1.82, 2.24) is 19.5 Å². The van der Waals surface area contributed by atoms with E-state index in [4.69, 9.17) is 0 Å². The molecular formula is C21H21F3N4O2. The molecule has 1 fully saturated rings.